The molecule has 114 valence electrons. The van der Waals surface area contributed by atoms with Gasteiger partial charge in [0.15, 0.2) is 0 Å². The van der Waals surface area contributed by atoms with Gasteiger partial charge in [0.05, 0.1) is 11.9 Å². The van der Waals surface area contributed by atoms with Gasteiger partial charge in [-0.3, -0.25) is 0 Å². The predicted octanol–water partition coefficient (Wildman–Crippen LogP) is 0.788. The van der Waals surface area contributed by atoms with E-state index in [1.807, 2.05) is 0 Å². The fourth-order valence-corrected chi connectivity index (χ4v) is 2.91. The first kappa shape index (κ1) is 16.7. The van der Waals surface area contributed by atoms with E-state index in [1.165, 1.54) is 0 Å². The molecule has 0 spiro atoms. The zero-order valence-electron chi connectivity index (χ0n) is 10.5. The summed E-state index contributed by atoms with van der Waals surface area (Å²) >= 11 is 0. The molecule has 5 nitrogen and oxygen atoms in total. The first-order valence-electron chi connectivity index (χ1n) is 5.92. The molecule has 1 rings (SSSR count). The molecule has 2 N–H and O–H groups in total. The molecule has 0 radical (unpaired) electrons. The minimum absolute atomic E-state index is 0.248. The highest BCUT2D eigenvalue weighted by Crippen LogP contribution is 2.25. The Bertz CT molecular complexity index is 398. The highest BCUT2D eigenvalue weighted by molar-refractivity contribution is 7.89. The third-order valence-electron chi connectivity index (χ3n) is 3.13. The average Bonchev–Trinajstić information content (AvgIpc) is 2.55. The molecular weight excluding hydrogens is 287 g/mol. The van der Waals surface area contributed by atoms with Crippen LogP contribution in [0.1, 0.15) is 26.2 Å². The maximum atomic E-state index is 11.9. The SMILES string of the molecule is CC1OCCC1(O)CNS(=O)(=O)CCCC(F)(F)F. The van der Waals surface area contributed by atoms with Crippen molar-refractivity contribution in [2.45, 2.75) is 44.1 Å². The maximum absolute atomic E-state index is 11.9. The molecule has 1 aliphatic heterocycles. The molecule has 0 aromatic rings. The van der Waals surface area contributed by atoms with Crippen LogP contribution in [-0.2, 0) is 14.8 Å². The summed E-state index contributed by atoms with van der Waals surface area (Å²) in [4.78, 5) is 0. The Morgan fingerprint density at radius 3 is 2.58 bits per heavy atom. The summed E-state index contributed by atoms with van der Waals surface area (Å²) in [5, 5.41) is 10.0. The lowest BCUT2D eigenvalue weighted by molar-refractivity contribution is -0.134. The van der Waals surface area contributed by atoms with Crippen LogP contribution in [-0.4, -0.2) is 50.3 Å². The second-order valence-corrected chi connectivity index (χ2v) is 6.65. The molecule has 1 heterocycles. The van der Waals surface area contributed by atoms with Crippen molar-refractivity contribution < 1.29 is 31.4 Å². The van der Waals surface area contributed by atoms with Crippen LogP contribution in [0.25, 0.3) is 0 Å². The Kier molecular flexibility index (Phi) is 5.21. The topological polar surface area (TPSA) is 75.6 Å². The number of rotatable bonds is 6. The number of ether oxygens (including phenoxy) is 1. The lowest BCUT2D eigenvalue weighted by Gasteiger charge is -2.26. The summed E-state index contributed by atoms with van der Waals surface area (Å²) in [6.45, 7) is 1.70. The van der Waals surface area contributed by atoms with Crippen LogP contribution >= 0.6 is 0 Å². The maximum Gasteiger partial charge on any atom is 0.389 e. The zero-order valence-corrected chi connectivity index (χ0v) is 11.4. The van der Waals surface area contributed by atoms with Gasteiger partial charge >= 0.3 is 6.18 Å². The molecule has 0 aromatic carbocycles. The first-order chi connectivity index (χ1) is 8.54. The third-order valence-corrected chi connectivity index (χ3v) is 4.54. The van der Waals surface area contributed by atoms with Crippen molar-refractivity contribution in [3.05, 3.63) is 0 Å². The highest BCUT2D eigenvalue weighted by atomic mass is 32.2. The molecule has 0 aromatic heterocycles. The van der Waals surface area contributed by atoms with Crippen molar-refractivity contribution >= 4 is 10.0 Å². The molecule has 0 bridgehead atoms. The Morgan fingerprint density at radius 1 is 1.47 bits per heavy atom. The van der Waals surface area contributed by atoms with Crippen LogP contribution in [0.4, 0.5) is 13.2 Å². The highest BCUT2D eigenvalue weighted by Gasteiger charge is 2.40. The van der Waals surface area contributed by atoms with E-state index in [1.54, 1.807) is 6.92 Å². The van der Waals surface area contributed by atoms with Gasteiger partial charge in [-0.2, -0.15) is 13.2 Å². The minimum atomic E-state index is -4.36. The van der Waals surface area contributed by atoms with Crippen molar-refractivity contribution in [2.75, 3.05) is 18.9 Å². The van der Waals surface area contributed by atoms with Crippen LogP contribution in [0.3, 0.4) is 0 Å². The number of sulfonamides is 1. The van der Waals surface area contributed by atoms with Crippen LogP contribution in [0.15, 0.2) is 0 Å². The van der Waals surface area contributed by atoms with Crippen molar-refractivity contribution in [1.82, 2.24) is 4.72 Å². The van der Waals surface area contributed by atoms with E-state index < -0.39 is 46.5 Å². The molecule has 0 aliphatic carbocycles. The summed E-state index contributed by atoms with van der Waals surface area (Å²) in [6.07, 6.45) is -6.22. The molecule has 2 atom stereocenters. The van der Waals surface area contributed by atoms with Gasteiger partial charge in [0.25, 0.3) is 0 Å². The second kappa shape index (κ2) is 5.94. The lowest BCUT2D eigenvalue weighted by atomic mass is 9.97. The molecule has 9 heteroatoms. The van der Waals surface area contributed by atoms with E-state index >= 15 is 0 Å². The predicted molar refractivity (Wildman–Crippen MR) is 62.1 cm³/mol. The summed E-state index contributed by atoms with van der Waals surface area (Å²) in [6, 6.07) is 0. The monoisotopic (exact) mass is 305 g/mol. The number of hydrogen-bond donors (Lipinski definition) is 2. The molecule has 0 saturated carbocycles. The van der Waals surface area contributed by atoms with Gasteiger partial charge in [-0.15, -0.1) is 0 Å². The van der Waals surface area contributed by atoms with Crippen LogP contribution < -0.4 is 4.72 Å². The summed E-state index contributed by atoms with van der Waals surface area (Å²) < 4.78 is 66.0. The molecule has 1 aliphatic rings. The van der Waals surface area contributed by atoms with Crippen molar-refractivity contribution in [3.63, 3.8) is 0 Å². The summed E-state index contributed by atoms with van der Waals surface area (Å²) in [7, 11) is -3.82. The first-order valence-corrected chi connectivity index (χ1v) is 7.57. The van der Waals surface area contributed by atoms with Crippen LogP contribution in [0, 0.1) is 0 Å². The smallest absolute Gasteiger partial charge is 0.386 e. The van der Waals surface area contributed by atoms with Gasteiger partial charge in [0, 0.05) is 26.0 Å². The fourth-order valence-electron chi connectivity index (χ4n) is 1.77. The fraction of sp³-hybridized carbons (Fsp3) is 1.00. The standard InChI is InChI=1S/C10H18F3NO4S/c1-8-9(15,4-5-18-8)7-14-19(16,17)6-2-3-10(11,12)13/h8,14-15H,2-7H2,1H3. The van der Waals surface area contributed by atoms with Gasteiger partial charge in [-0.05, 0) is 13.3 Å². The number of nitrogens with one attached hydrogen (secondary N) is 1. The minimum Gasteiger partial charge on any atom is -0.386 e. The van der Waals surface area contributed by atoms with Gasteiger partial charge in [-0.1, -0.05) is 0 Å². The second-order valence-electron chi connectivity index (χ2n) is 4.73. The van der Waals surface area contributed by atoms with Crippen LogP contribution in [0.5, 0.6) is 0 Å². The van der Waals surface area contributed by atoms with Crippen molar-refractivity contribution in [3.8, 4) is 0 Å². The Labute approximate surface area is 110 Å². The van der Waals surface area contributed by atoms with E-state index in [0.29, 0.717) is 13.0 Å². The largest absolute Gasteiger partial charge is 0.389 e. The van der Waals surface area contributed by atoms with Crippen LogP contribution in [0.2, 0.25) is 0 Å². The normalized spacial score (nSPS) is 28.8. The molecule has 19 heavy (non-hydrogen) atoms. The van der Waals surface area contributed by atoms with Crippen molar-refractivity contribution in [1.29, 1.82) is 0 Å². The van der Waals surface area contributed by atoms with Gasteiger partial charge < -0.3 is 9.84 Å². The number of aliphatic hydroxyl groups is 1. The zero-order chi connectivity index (χ0) is 14.7. The Hall–Kier alpha value is -0.380. The molecule has 0 amide bonds. The molecule has 2 unspecified atom stereocenters. The molecular formula is C10H18F3NO4S. The van der Waals surface area contributed by atoms with E-state index in [-0.39, 0.29) is 6.54 Å². The van der Waals surface area contributed by atoms with Gasteiger partial charge in [0.2, 0.25) is 10.0 Å². The number of alkyl halides is 3. The van der Waals surface area contributed by atoms with E-state index in [9.17, 15) is 26.7 Å². The Balaban J connectivity index is 2.39. The molecule has 1 saturated heterocycles. The lowest BCUT2D eigenvalue weighted by Crippen LogP contribution is -2.47. The van der Waals surface area contributed by atoms with Crippen molar-refractivity contribution in [2.24, 2.45) is 0 Å². The molecule has 1 fully saturated rings. The Morgan fingerprint density at radius 2 is 2.11 bits per heavy atom. The summed E-state index contributed by atoms with van der Waals surface area (Å²) in [5.41, 5.74) is -1.29. The number of halogens is 3. The quantitative estimate of drug-likeness (QED) is 0.761. The van der Waals surface area contributed by atoms with E-state index in [0.717, 1.165) is 0 Å². The van der Waals surface area contributed by atoms with E-state index in [2.05, 4.69) is 4.72 Å². The number of hydrogen-bond acceptors (Lipinski definition) is 4. The summed E-state index contributed by atoms with van der Waals surface area (Å²) in [5.74, 6) is -0.613. The van der Waals surface area contributed by atoms with Gasteiger partial charge in [-0.25, -0.2) is 13.1 Å². The third kappa shape index (κ3) is 5.64. The van der Waals surface area contributed by atoms with E-state index in [4.69, 9.17) is 4.74 Å². The average molecular weight is 305 g/mol. The van der Waals surface area contributed by atoms with Gasteiger partial charge in [0.1, 0.15) is 5.60 Å².